The van der Waals surface area contributed by atoms with Crippen LogP contribution in [0.15, 0.2) is 65.1 Å². The highest BCUT2D eigenvalue weighted by molar-refractivity contribution is 5.88. The highest BCUT2D eigenvalue weighted by atomic mass is 19.1. The van der Waals surface area contributed by atoms with E-state index in [4.69, 9.17) is 9.68 Å². The molecule has 0 N–H and O–H groups in total. The summed E-state index contributed by atoms with van der Waals surface area (Å²) in [5.41, 5.74) is 2.18. The minimum absolute atomic E-state index is 0.357. The molecule has 0 saturated heterocycles. The maximum absolute atomic E-state index is 13.0. The normalized spacial score (nSPS) is 10.9. The lowest BCUT2D eigenvalue weighted by Crippen LogP contribution is -1.82. The summed E-state index contributed by atoms with van der Waals surface area (Å²) in [5, 5.41) is 18.5. The highest BCUT2D eigenvalue weighted by Crippen LogP contribution is 2.27. The van der Waals surface area contributed by atoms with Gasteiger partial charge in [-0.25, -0.2) is 4.39 Å². The second-order valence-electron chi connectivity index (χ2n) is 5.04. The Labute approximate surface area is 138 Å². The Morgan fingerprint density at radius 1 is 0.958 bits per heavy atom. The van der Waals surface area contributed by atoms with Gasteiger partial charge in [0.1, 0.15) is 17.3 Å². The van der Waals surface area contributed by atoms with Crippen molar-refractivity contribution in [2.24, 2.45) is 0 Å². The summed E-state index contributed by atoms with van der Waals surface area (Å²) in [6.45, 7) is 0. The fraction of sp³-hybridized carbons (Fsp3) is 0. The number of rotatable bonds is 3. The molecule has 0 fully saturated rings. The van der Waals surface area contributed by atoms with E-state index in [1.807, 2.05) is 6.07 Å². The summed E-state index contributed by atoms with van der Waals surface area (Å²) in [6.07, 6.45) is 1.59. The van der Waals surface area contributed by atoms with E-state index in [0.29, 0.717) is 33.8 Å². The van der Waals surface area contributed by atoms with Gasteiger partial charge >= 0.3 is 0 Å². The molecule has 0 unspecified atom stereocenters. The fourth-order valence-corrected chi connectivity index (χ4v) is 2.32. The van der Waals surface area contributed by atoms with Crippen LogP contribution in [0.1, 0.15) is 16.9 Å². The third-order valence-corrected chi connectivity index (χ3v) is 3.50. The molecule has 0 aliphatic rings. The first kappa shape index (κ1) is 15.3. The van der Waals surface area contributed by atoms with Crippen LogP contribution in [-0.2, 0) is 0 Å². The lowest BCUT2D eigenvalue weighted by Gasteiger charge is -2.00. The van der Waals surface area contributed by atoms with E-state index in [1.165, 1.54) is 12.1 Å². The van der Waals surface area contributed by atoms with Gasteiger partial charge in [-0.1, -0.05) is 24.3 Å². The largest absolute Gasteiger partial charge is 0.457 e. The van der Waals surface area contributed by atoms with Gasteiger partial charge in [0.15, 0.2) is 0 Å². The zero-order chi connectivity index (χ0) is 16.9. The van der Waals surface area contributed by atoms with E-state index >= 15 is 0 Å². The van der Waals surface area contributed by atoms with Crippen LogP contribution in [-0.4, -0.2) is 0 Å². The van der Waals surface area contributed by atoms with Crippen LogP contribution in [0.4, 0.5) is 4.39 Å². The molecule has 0 atom stereocenters. The monoisotopic (exact) mass is 314 g/mol. The zero-order valence-electron chi connectivity index (χ0n) is 12.5. The van der Waals surface area contributed by atoms with E-state index in [0.717, 1.165) is 0 Å². The number of benzene rings is 2. The van der Waals surface area contributed by atoms with Gasteiger partial charge in [0, 0.05) is 5.56 Å². The van der Waals surface area contributed by atoms with Crippen molar-refractivity contribution in [2.45, 2.75) is 0 Å². The van der Waals surface area contributed by atoms with Crippen LogP contribution >= 0.6 is 0 Å². The Kier molecular flexibility index (Phi) is 4.23. The van der Waals surface area contributed by atoms with E-state index in [2.05, 4.69) is 12.1 Å². The molecule has 0 spiro atoms. The number of nitriles is 2. The van der Waals surface area contributed by atoms with Crippen LogP contribution in [0.25, 0.3) is 23.0 Å². The average molecular weight is 314 g/mol. The van der Waals surface area contributed by atoms with Crippen LogP contribution < -0.4 is 0 Å². The van der Waals surface area contributed by atoms with Gasteiger partial charge in [-0.3, -0.25) is 0 Å². The molecular weight excluding hydrogens is 303 g/mol. The van der Waals surface area contributed by atoms with Crippen molar-refractivity contribution in [3.63, 3.8) is 0 Å². The van der Waals surface area contributed by atoms with Crippen LogP contribution in [0.3, 0.4) is 0 Å². The molecule has 3 rings (SSSR count). The second kappa shape index (κ2) is 6.64. The molecule has 0 aliphatic heterocycles. The van der Waals surface area contributed by atoms with Gasteiger partial charge in [0.05, 0.1) is 23.3 Å². The highest BCUT2D eigenvalue weighted by Gasteiger charge is 2.09. The molecule has 4 heteroatoms. The lowest BCUT2D eigenvalue weighted by atomic mass is 10.1. The summed E-state index contributed by atoms with van der Waals surface area (Å²) in [4.78, 5) is 0. The van der Waals surface area contributed by atoms with Gasteiger partial charge < -0.3 is 4.42 Å². The Hall–Kier alpha value is -3.63. The van der Waals surface area contributed by atoms with E-state index < -0.39 is 0 Å². The number of nitrogens with zero attached hydrogens (tertiary/aromatic N) is 2. The molecule has 0 radical (unpaired) electrons. The Bertz CT molecular complexity index is 985. The quantitative estimate of drug-likeness (QED) is 0.638. The molecule has 0 saturated carbocycles. The molecule has 0 amide bonds. The van der Waals surface area contributed by atoms with Crippen molar-refractivity contribution in [1.29, 1.82) is 10.5 Å². The van der Waals surface area contributed by atoms with Crippen LogP contribution in [0.5, 0.6) is 0 Å². The number of furan rings is 1. The van der Waals surface area contributed by atoms with Gasteiger partial charge in [0.2, 0.25) is 0 Å². The van der Waals surface area contributed by atoms with Crippen molar-refractivity contribution in [2.75, 3.05) is 0 Å². The summed E-state index contributed by atoms with van der Waals surface area (Å²) in [6, 6.07) is 20.5. The molecule has 3 nitrogen and oxygen atoms in total. The van der Waals surface area contributed by atoms with E-state index in [-0.39, 0.29) is 5.82 Å². The smallest absolute Gasteiger partial charge is 0.136 e. The minimum atomic E-state index is -0.357. The standard InChI is InChI=1S/C20H11FN2O/c21-17-7-5-14(6-8-17)16(13-23)11-18-9-10-20(24-18)19-4-2-1-3-15(19)12-22/h1-11H/b16-11-. The average Bonchev–Trinajstić information content (AvgIpc) is 3.09. The SMILES string of the molecule is N#C/C(=C/c1ccc(-c2ccccc2C#N)o1)c1ccc(F)cc1. The summed E-state index contributed by atoms with van der Waals surface area (Å²) < 4.78 is 18.7. The third kappa shape index (κ3) is 3.09. The van der Waals surface area contributed by atoms with E-state index in [1.54, 1.807) is 48.5 Å². The molecule has 24 heavy (non-hydrogen) atoms. The second-order valence-corrected chi connectivity index (χ2v) is 5.04. The lowest BCUT2D eigenvalue weighted by molar-refractivity contribution is 0.572. The number of halogens is 1. The van der Waals surface area contributed by atoms with Gasteiger partial charge in [-0.15, -0.1) is 0 Å². The van der Waals surface area contributed by atoms with Crippen molar-refractivity contribution < 1.29 is 8.81 Å². The van der Waals surface area contributed by atoms with Gasteiger partial charge in [0.25, 0.3) is 0 Å². The predicted molar refractivity (Wildman–Crippen MR) is 88.7 cm³/mol. The van der Waals surface area contributed by atoms with Crippen molar-refractivity contribution >= 4 is 11.6 Å². The molecule has 1 aromatic heterocycles. The van der Waals surface area contributed by atoms with Gasteiger partial charge in [-0.2, -0.15) is 10.5 Å². The maximum Gasteiger partial charge on any atom is 0.136 e. The van der Waals surface area contributed by atoms with Crippen LogP contribution in [0, 0.1) is 28.5 Å². The Morgan fingerprint density at radius 2 is 1.71 bits per heavy atom. The minimum Gasteiger partial charge on any atom is -0.457 e. The summed E-state index contributed by atoms with van der Waals surface area (Å²) in [5.74, 6) is 0.679. The number of allylic oxidation sites excluding steroid dienone is 1. The van der Waals surface area contributed by atoms with Gasteiger partial charge in [-0.05, 0) is 48.0 Å². The third-order valence-electron chi connectivity index (χ3n) is 3.50. The Morgan fingerprint density at radius 3 is 2.42 bits per heavy atom. The molecule has 1 heterocycles. The molecule has 2 aromatic carbocycles. The zero-order valence-corrected chi connectivity index (χ0v) is 12.5. The topological polar surface area (TPSA) is 60.7 Å². The van der Waals surface area contributed by atoms with Crippen molar-refractivity contribution in [1.82, 2.24) is 0 Å². The molecule has 3 aromatic rings. The molecular formula is C20H11FN2O. The Balaban J connectivity index is 1.97. The van der Waals surface area contributed by atoms with E-state index in [9.17, 15) is 9.65 Å². The summed E-state index contributed by atoms with van der Waals surface area (Å²) >= 11 is 0. The first-order chi connectivity index (χ1) is 11.7. The molecule has 0 bridgehead atoms. The number of hydrogen-bond acceptors (Lipinski definition) is 3. The summed E-state index contributed by atoms with van der Waals surface area (Å²) in [7, 11) is 0. The fourth-order valence-electron chi connectivity index (χ4n) is 2.32. The van der Waals surface area contributed by atoms with Crippen LogP contribution in [0.2, 0.25) is 0 Å². The predicted octanol–water partition coefficient (Wildman–Crippen LogP) is 5.02. The maximum atomic E-state index is 13.0. The number of hydrogen-bond donors (Lipinski definition) is 0. The molecule has 114 valence electrons. The first-order valence-electron chi connectivity index (χ1n) is 7.18. The van der Waals surface area contributed by atoms with Crippen molar-refractivity contribution in [3.05, 3.63) is 83.4 Å². The van der Waals surface area contributed by atoms with Crippen molar-refractivity contribution in [3.8, 4) is 23.5 Å². The first-order valence-corrected chi connectivity index (χ1v) is 7.18. The molecule has 0 aliphatic carbocycles.